The van der Waals surface area contributed by atoms with Gasteiger partial charge in [-0.3, -0.25) is 0 Å². The van der Waals surface area contributed by atoms with Gasteiger partial charge in [0.25, 0.3) is 0 Å². The van der Waals surface area contributed by atoms with Crippen LogP contribution in [0.3, 0.4) is 0 Å². The minimum atomic E-state index is 0.241. The third-order valence-electron chi connectivity index (χ3n) is 3.30. The van der Waals surface area contributed by atoms with Crippen molar-refractivity contribution in [1.29, 1.82) is 0 Å². The van der Waals surface area contributed by atoms with Crippen LogP contribution in [-0.4, -0.2) is 22.7 Å². The lowest BCUT2D eigenvalue weighted by Gasteiger charge is -2.10. The highest BCUT2D eigenvalue weighted by Gasteiger charge is 2.18. The highest BCUT2D eigenvalue weighted by molar-refractivity contribution is 5.61. The number of nitrogen functional groups attached to an aromatic ring is 1. The lowest BCUT2D eigenvalue weighted by atomic mass is 10.1. The summed E-state index contributed by atoms with van der Waals surface area (Å²) in [5.74, 6) is 1.28. The molecule has 3 rings (SSSR count). The normalized spacial score (nSPS) is 18.6. The first-order valence-electron chi connectivity index (χ1n) is 6.62. The number of nitrogens with two attached hydrogens (primary N) is 1. The van der Waals surface area contributed by atoms with E-state index in [1.165, 1.54) is 0 Å². The Kier molecular flexibility index (Phi) is 3.42. The fraction of sp³-hybridized carbons (Fsp3) is 0.333. The second-order valence-electron chi connectivity index (χ2n) is 4.80. The summed E-state index contributed by atoms with van der Waals surface area (Å²) in [4.78, 5) is 8.91. The van der Waals surface area contributed by atoms with E-state index in [1.807, 2.05) is 36.4 Å². The van der Waals surface area contributed by atoms with Crippen LogP contribution in [0.25, 0.3) is 11.3 Å². The van der Waals surface area contributed by atoms with Gasteiger partial charge in [0.15, 0.2) is 0 Å². The fourth-order valence-corrected chi connectivity index (χ4v) is 2.37. The van der Waals surface area contributed by atoms with Crippen LogP contribution >= 0.6 is 0 Å². The van der Waals surface area contributed by atoms with Gasteiger partial charge in [0.05, 0.1) is 11.8 Å². The summed E-state index contributed by atoms with van der Waals surface area (Å²) in [6.45, 7) is 0.846. The Hall–Kier alpha value is -1.94. The third-order valence-corrected chi connectivity index (χ3v) is 3.30. The van der Waals surface area contributed by atoms with Crippen molar-refractivity contribution in [2.75, 3.05) is 12.3 Å². The Morgan fingerprint density at radius 1 is 1.21 bits per heavy atom. The van der Waals surface area contributed by atoms with Gasteiger partial charge in [0.1, 0.15) is 11.6 Å². The zero-order valence-electron chi connectivity index (χ0n) is 10.7. The zero-order chi connectivity index (χ0) is 13.1. The van der Waals surface area contributed by atoms with Crippen molar-refractivity contribution in [1.82, 2.24) is 9.97 Å². The average Bonchev–Trinajstić information content (AvgIpc) is 2.92. The van der Waals surface area contributed by atoms with Crippen molar-refractivity contribution in [3.05, 3.63) is 42.2 Å². The minimum absolute atomic E-state index is 0.241. The molecule has 4 heteroatoms. The van der Waals surface area contributed by atoms with E-state index in [-0.39, 0.29) is 6.10 Å². The standard InChI is InChI=1S/C15H17N3O/c16-14-10-13(11-5-2-1-3-6-11)17-15(18-14)9-12-7-4-8-19-12/h1-3,5-6,10,12H,4,7-9H2,(H2,16,17,18). The van der Waals surface area contributed by atoms with Crippen molar-refractivity contribution >= 4 is 5.82 Å². The molecule has 1 fully saturated rings. The summed E-state index contributed by atoms with van der Waals surface area (Å²) in [6, 6.07) is 11.8. The largest absolute Gasteiger partial charge is 0.384 e. The SMILES string of the molecule is Nc1cc(-c2ccccc2)nc(CC2CCCO2)n1. The molecule has 98 valence electrons. The summed E-state index contributed by atoms with van der Waals surface area (Å²) >= 11 is 0. The van der Waals surface area contributed by atoms with E-state index in [2.05, 4.69) is 9.97 Å². The van der Waals surface area contributed by atoms with E-state index in [1.54, 1.807) is 0 Å². The predicted molar refractivity (Wildman–Crippen MR) is 74.6 cm³/mol. The Labute approximate surface area is 112 Å². The Morgan fingerprint density at radius 3 is 2.79 bits per heavy atom. The lowest BCUT2D eigenvalue weighted by molar-refractivity contribution is 0.110. The molecule has 0 amide bonds. The average molecular weight is 255 g/mol. The van der Waals surface area contributed by atoms with Crippen LogP contribution in [0.2, 0.25) is 0 Å². The molecular formula is C15H17N3O. The van der Waals surface area contributed by atoms with E-state index in [0.717, 1.165) is 43.0 Å². The Morgan fingerprint density at radius 2 is 2.05 bits per heavy atom. The van der Waals surface area contributed by atoms with Crippen LogP contribution in [-0.2, 0) is 11.2 Å². The number of rotatable bonds is 3. The van der Waals surface area contributed by atoms with Crippen molar-refractivity contribution in [3.63, 3.8) is 0 Å². The van der Waals surface area contributed by atoms with Gasteiger partial charge in [0, 0.05) is 24.7 Å². The van der Waals surface area contributed by atoms with Crippen LogP contribution in [0.1, 0.15) is 18.7 Å². The van der Waals surface area contributed by atoms with Gasteiger partial charge < -0.3 is 10.5 Å². The van der Waals surface area contributed by atoms with Gasteiger partial charge in [-0.15, -0.1) is 0 Å². The molecule has 0 aliphatic carbocycles. The molecule has 19 heavy (non-hydrogen) atoms. The first kappa shape index (κ1) is 12.1. The number of aromatic nitrogens is 2. The monoisotopic (exact) mass is 255 g/mol. The van der Waals surface area contributed by atoms with Gasteiger partial charge in [0.2, 0.25) is 0 Å². The molecule has 1 unspecified atom stereocenters. The van der Waals surface area contributed by atoms with Crippen LogP contribution in [0, 0.1) is 0 Å². The van der Waals surface area contributed by atoms with Crippen molar-refractivity contribution in [3.8, 4) is 11.3 Å². The van der Waals surface area contributed by atoms with Gasteiger partial charge in [-0.05, 0) is 12.8 Å². The summed E-state index contributed by atoms with van der Waals surface area (Å²) < 4.78 is 5.62. The number of benzene rings is 1. The number of nitrogens with zero attached hydrogens (tertiary/aromatic N) is 2. The van der Waals surface area contributed by atoms with Crippen LogP contribution in [0.4, 0.5) is 5.82 Å². The van der Waals surface area contributed by atoms with Crippen molar-refractivity contribution in [2.45, 2.75) is 25.4 Å². The molecule has 1 atom stereocenters. The topological polar surface area (TPSA) is 61.0 Å². The predicted octanol–water partition coefficient (Wildman–Crippen LogP) is 2.45. The van der Waals surface area contributed by atoms with Crippen molar-refractivity contribution < 1.29 is 4.74 Å². The van der Waals surface area contributed by atoms with E-state index in [4.69, 9.17) is 10.5 Å². The van der Waals surface area contributed by atoms with E-state index < -0.39 is 0 Å². The fourth-order valence-electron chi connectivity index (χ4n) is 2.37. The number of ether oxygens (including phenoxy) is 1. The molecule has 2 aromatic rings. The van der Waals surface area contributed by atoms with E-state index in [0.29, 0.717) is 5.82 Å². The van der Waals surface area contributed by atoms with E-state index in [9.17, 15) is 0 Å². The summed E-state index contributed by atoms with van der Waals surface area (Å²) in [5, 5.41) is 0. The highest BCUT2D eigenvalue weighted by Crippen LogP contribution is 2.21. The lowest BCUT2D eigenvalue weighted by Crippen LogP contribution is -2.12. The van der Waals surface area contributed by atoms with E-state index >= 15 is 0 Å². The van der Waals surface area contributed by atoms with Gasteiger partial charge in [-0.1, -0.05) is 30.3 Å². The van der Waals surface area contributed by atoms with Gasteiger partial charge in [-0.2, -0.15) is 0 Å². The van der Waals surface area contributed by atoms with Crippen molar-refractivity contribution in [2.24, 2.45) is 0 Å². The van der Waals surface area contributed by atoms with Crippen LogP contribution in [0.15, 0.2) is 36.4 Å². The highest BCUT2D eigenvalue weighted by atomic mass is 16.5. The maximum atomic E-state index is 5.88. The summed E-state index contributed by atoms with van der Waals surface area (Å²) in [5.41, 5.74) is 7.82. The Balaban J connectivity index is 1.87. The van der Waals surface area contributed by atoms with Gasteiger partial charge in [-0.25, -0.2) is 9.97 Å². The maximum Gasteiger partial charge on any atom is 0.134 e. The minimum Gasteiger partial charge on any atom is -0.384 e. The molecule has 2 heterocycles. The summed E-state index contributed by atoms with van der Waals surface area (Å²) in [6.07, 6.45) is 3.19. The summed E-state index contributed by atoms with van der Waals surface area (Å²) in [7, 11) is 0. The smallest absolute Gasteiger partial charge is 0.134 e. The first-order chi connectivity index (χ1) is 9.31. The van der Waals surface area contributed by atoms with Gasteiger partial charge >= 0.3 is 0 Å². The van der Waals surface area contributed by atoms with Crippen LogP contribution in [0.5, 0.6) is 0 Å². The first-order valence-corrected chi connectivity index (χ1v) is 6.62. The molecule has 1 aliphatic rings. The third kappa shape index (κ3) is 2.90. The molecule has 4 nitrogen and oxygen atoms in total. The second kappa shape index (κ2) is 5.36. The molecular weight excluding hydrogens is 238 g/mol. The number of hydrogen-bond acceptors (Lipinski definition) is 4. The molecule has 1 aromatic carbocycles. The van der Waals surface area contributed by atoms with Crippen LogP contribution < -0.4 is 5.73 Å². The molecule has 0 bridgehead atoms. The number of hydrogen-bond donors (Lipinski definition) is 1. The maximum absolute atomic E-state index is 5.88. The molecule has 1 saturated heterocycles. The molecule has 2 N–H and O–H groups in total. The second-order valence-corrected chi connectivity index (χ2v) is 4.80. The molecule has 1 aromatic heterocycles. The Bertz CT molecular complexity index is 551. The number of anilines is 1. The zero-order valence-corrected chi connectivity index (χ0v) is 10.7. The molecule has 0 spiro atoms. The molecule has 0 saturated carbocycles. The quantitative estimate of drug-likeness (QED) is 0.915. The molecule has 1 aliphatic heterocycles. The molecule has 0 radical (unpaired) electrons.